The number of hydrogen-bond acceptors (Lipinski definition) is 2. The van der Waals surface area contributed by atoms with Gasteiger partial charge in [0.25, 0.3) is 0 Å². The number of halogens is 2. The first-order valence-corrected chi connectivity index (χ1v) is 7.73. The molecule has 1 aliphatic heterocycles. The number of rotatable bonds is 4. The third kappa shape index (κ3) is 4.03. The van der Waals surface area contributed by atoms with Gasteiger partial charge >= 0.3 is 0 Å². The molecule has 1 N–H and O–H groups in total. The minimum Gasteiger partial charge on any atom is -0.493 e. The summed E-state index contributed by atoms with van der Waals surface area (Å²) in [5, 5.41) is 6.35. The van der Waals surface area contributed by atoms with E-state index in [1.807, 2.05) is 30.3 Å². The molecule has 0 saturated carbocycles. The van der Waals surface area contributed by atoms with Crippen LogP contribution in [0.15, 0.2) is 36.4 Å². The van der Waals surface area contributed by atoms with Crippen LogP contribution in [-0.2, 0) is 0 Å². The smallest absolute Gasteiger partial charge is 0.127 e. The highest BCUT2D eigenvalue weighted by molar-refractivity contribution is 6.35. The molecule has 2 aromatic carbocycles. The zero-order chi connectivity index (χ0) is 13.8. The summed E-state index contributed by atoms with van der Waals surface area (Å²) in [7, 11) is 0. The maximum Gasteiger partial charge on any atom is 0.127 e. The second-order valence-corrected chi connectivity index (χ2v) is 5.83. The molecule has 114 valence electrons. The molecule has 1 heterocycles. The van der Waals surface area contributed by atoms with Crippen molar-refractivity contribution in [1.29, 1.82) is 0 Å². The van der Waals surface area contributed by atoms with Gasteiger partial charge in [0, 0.05) is 15.8 Å². The van der Waals surface area contributed by atoms with Crippen molar-refractivity contribution < 1.29 is 4.74 Å². The van der Waals surface area contributed by atoms with Gasteiger partial charge in [-0.1, -0.05) is 35.9 Å². The Bertz CT molecular complexity index is 582. The predicted octanol–water partition coefficient (Wildman–Crippen LogP) is 4.68. The summed E-state index contributed by atoms with van der Waals surface area (Å²) < 4.78 is 6.00. The summed E-state index contributed by atoms with van der Waals surface area (Å²) in [6.07, 6.45) is 3.67. The molecule has 0 atom stereocenters. The monoisotopic (exact) mass is 325 g/mol. The van der Waals surface area contributed by atoms with Crippen molar-refractivity contribution in [3.63, 3.8) is 0 Å². The standard InChI is InChI=1S/C17H20ClNO.ClH/c18-16-5-6-17(15-4-2-1-3-14(15)16)20-12-9-13-7-10-19-11-8-13;/h1-6,13,19H,7-12H2;1H. The zero-order valence-corrected chi connectivity index (χ0v) is 13.6. The Kier molecular flexibility index (Phi) is 6.16. The maximum absolute atomic E-state index is 6.22. The van der Waals surface area contributed by atoms with Crippen molar-refractivity contribution in [2.24, 2.45) is 5.92 Å². The molecule has 21 heavy (non-hydrogen) atoms. The van der Waals surface area contributed by atoms with E-state index in [-0.39, 0.29) is 12.4 Å². The third-order valence-electron chi connectivity index (χ3n) is 4.07. The van der Waals surface area contributed by atoms with Gasteiger partial charge in [0.2, 0.25) is 0 Å². The quantitative estimate of drug-likeness (QED) is 0.880. The Labute approximate surface area is 137 Å². The lowest BCUT2D eigenvalue weighted by Gasteiger charge is -2.22. The van der Waals surface area contributed by atoms with E-state index in [4.69, 9.17) is 16.3 Å². The summed E-state index contributed by atoms with van der Waals surface area (Å²) in [6, 6.07) is 12.0. The number of piperidine rings is 1. The van der Waals surface area contributed by atoms with Crippen molar-refractivity contribution in [3.8, 4) is 5.75 Å². The van der Waals surface area contributed by atoms with E-state index in [0.717, 1.165) is 53.6 Å². The molecule has 1 saturated heterocycles. The lowest BCUT2D eigenvalue weighted by molar-refractivity contribution is 0.254. The van der Waals surface area contributed by atoms with Gasteiger partial charge in [0.15, 0.2) is 0 Å². The van der Waals surface area contributed by atoms with Crippen molar-refractivity contribution >= 4 is 34.8 Å². The molecular formula is C17H21Cl2NO. The van der Waals surface area contributed by atoms with Crippen LogP contribution < -0.4 is 10.1 Å². The number of nitrogens with one attached hydrogen (secondary N) is 1. The number of hydrogen-bond donors (Lipinski definition) is 1. The van der Waals surface area contributed by atoms with Crippen LogP contribution in [0.2, 0.25) is 5.02 Å². The van der Waals surface area contributed by atoms with Crippen LogP contribution in [0.25, 0.3) is 10.8 Å². The van der Waals surface area contributed by atoms with E-state index < -0.39 is 0 Å². The fourth-order valence-electron chi connectivity index (χ4n) is 2.87. The van der Waals surface area contributed by atoms with E-state index in [0.29, 0.717) is 0 Å². The van der Waals surface area contributed by atoms with Crippen molar-refractivity contribution in [2.75, 3.05) is 19.7 Å². The van der Waals surface area contributed by atoms with Gasteiger partial charge in [-0.3, -0.25) is 0 Å². The molecule has 1 aliphatic rings. The lowest BCUT2D eigenvalue weighted by Crippen LogP contribution is -2.28. The second kappa shape index (κ2) is 7.88. The fraction of sp³-hybridized carbons (Fsp3) is 0.412. The first-order chi connectivity index (χ1) is 9.84. The van der Waals surface area contributed by atoms with Crippen molar-refractivity contribution in [1.82, 2.24) is 5.32 Å². The summed E-state index contributed by atoms with van der Waals surface area (Å²) >= 11 is 6.22. The SMILES string of the molecule is Cl.Clc1ccc(OCCC2CCNCC2)c2ccccc12. The van der Waals surface area contributed by atoms with Crippen LogP contribution in [-0.4, -0.2) is 19.7 Å². The van der Waals surface area contributed by atoms with Gasteiger partial charge < -0.3 is 10.1 Å². The Morgan fingerprint density at radius 1 is 1.05 bits per heavy atom. The van der Waals surface area contributed by atoms with Crippen LogP contribution in [0.1, 0.15) is 19.3 Å². The van der Waals surface area contributed by atoms with Crippen LogP contribution in [0.3, 0.4) is 0 Å². The zero-order valence-electron chi connectivity index (χ0n) is 12.0. The van der Waals surface area contributed by atoms with Crippen LogP contribution >= 0.6 is 24.0 Å². The number of benzene rings is 2. The van der Waals surface area contributed by atoms with Crippen molar-refractivity contribution in [2.45, 2.75) is 19.3 Å². The first-order valence-electron chi connectivity index (χ1n) is 7.35. The molecule has 0 amide bonds. The normalized spacial score (nSPS) is 15.7. The minimum absolute atomic E-state index is 0. The number of fused-ring (bicyclic) bond motifs is 1. The summed E-state index contributed by atoms with van der Waals surface area (Å²) in [5.74, 6) is 1.74. The molecule has 0 bridgehead atoms. The number of ether oxygens (including phenoxy) is 1. The molecule has 4 heteroatoms. The molecule has 0 radical (unpaired) electrons. The molecule has 0 aliphatic carbocycles. The Hall–Kier alpha value is -0.960. The summed E-state index contributed by atoms with van der Waals surface area (Å²) in [6.45, 7) is 3.08. The van der Waals surface area contributed by atoms with Gasteiger partial charge in [-0.25, -0.2) is 0 Å². The molecule has 0 unspecified atom stereocenters. The van der Waals surface area contributed by atoms with Gasteiger partial charge in [-0.05, 0) is 50.4 Å². The van der Waals surface area contributed by atoms with Gasteiger partial charge in [0.1, 0.15) is 5.75 Å². The highest BCUT2D eigenvalue weighted by atomic mass is 35.5. The van der Waals surface area contributed by atoms with E-state index in [9.17, 15) is 0 Å². The van der Waals surface area contributed by atoms with Crippen LogP contribution in [0, 0.1) is 5.92 Å². The largest absolute Gasteiger partial charge is 0.493 e. The van der Waals surface area contributed by atoms with E-state index in [1.165, 1.54) is 12.8 Å². The molecule has 2 aromatic rings. The lowest BCUT2D eigenvalue weighted by atomic mass is 9.95. The Morgan fingerprint density at radius 2 is 1.76 bits per heavy atom. The highest BCUT2D eigenvalue weighted by Gasteiger charge is 2.13. The summed E-state index contributed by atoms with van der Waals surface area (Å²) in [4.78, 5) is 0. The van der Waals surface area contributed by atoms with Gasteiger partial charge in [0.05, 0.1) is 6.61 Å². The Balaban J connectivity index is 0.00000161. The maximum atomic E-state index is 6.22. The van der Waals surface area contributed by atoms with Gasteiger partial charge in [-0.2, -0.15) is 0 Å². The molecule has 2 nitrogen and oxygen atoms in total. The Morgan fingerprint density at radius 3 is 2.52 bits per heavy atom. The molecular weight excluding hydrogens is 305 g/mol. The minimum atomic E-state index is 0. The first kappa shape index (κ1) is 16.4. The van der Waals surface area contributed by atoms with Crippen LogP contribution in [0.4, 0.5) is 0 Å². The average molecular weight is 326 g/mol. The van der Waals surface area contributed by atoms with Crippen LogP contribution in [0.5, 0.6) is 5.75 Å². The second-order valence-electron chi connectivity index (χ2n) is 5.42. The third-order valence-corrected chi connectivity index (χ3v) is 4.40. The predicted molar refractivity (Wildman–Crippen MR) is 91.9 cm³/mol. The van der Waals surface area contributed by atoms with Gasteiger partial charge in [-0.15, -0.1) is 12.4 Å². The molecule has 0 spiro atoms. The van der Waals surface area contributed by atoms with E-state index in [2.05, 4.69) is 11.4 Å². The molecule has 1 fully saturated rings. The highest BCUT2D eigenvalue weighted by Crippen LogP contribution is 2.31. The van der Waals surface area contributed by atoms with Crippen molar-refractivity contribution in [3.05, 3.63) is 41.4 Å². The van der Waals surface area contributed by atoms with E-state index >= 15 is 0 Å². The summed E-state index contributed by atoms with van der Waals surface area (Å²) in [5.41, 5.74) is 0. The molecule has 3 rings (SSSR count). The fourth-order valence-corrected chi connectivity index (χ4v) is 3.09. The average Bonchev–Trinajstić information content (AvgIpc) is 2.51. The topological polar surface area (TPSA) is 21.3 Å². The van der Waals surface area contributed by atoms with E-state index in [1.54, 1.807) is 0 Å². The molecule has 0 aromatic heterocycles.